The maximum atomic E-state index is 14.6. The molecule has 1 aromatic carbocycles. The Kier molecular flexibility index (Phi) is 10.1. The van der Waals surface area contributed by atoms with E-state index in [-0.39, 0.29) is 30.5 Å². The molecule has 0 bridgehead atoms. The number of hydrogen-bond acceptors (Lipinski definition) is 4. The zero-order valence-corrected chi connectivity index (χ0v) is 20.6. The molecule has 33 heavy (non-hydrogen) atoms. The summed E-state index contributed by atoms with van der Waals surface area (Å²) in [4.78, 5) is 18.1. The second-order valence-corrected chi connectivity index (χ2v) is 8.20. The van der Waals surface area contributed by atoms with E-state index in [1.807, 2.05) is 53.7 Å². The van der Waals surface area contributed by atoms with Crippen LogP contribution in [0.3, 0.4) is 0 Å². The SMILES string of the molecule is CC.CCC(C)OC(=O)N1CCC(COc2c(F)cc(-c3ccc(C)nc3C)cc2F)CC1. The highest BCUT2D eigenvalue weighted by Gasteiger charge is 2.26. The molecule has 1 atom stereocenters. The molecule has 5 nitrogen and oxygen atoms in total. The van der Waals surface area contributed by atoms with E-state index in [4.69, 9.17) is 9.47 Å². The van der Waals surface area contributed by atoms with Gasteiger partial charge in [-0.25, -0.2) is 13.6 Å². The van der Waals surface area contributed by atoms with Crippen LogP contribution in [0.25, 0.3) is 11.1 Å². The third kappa shape index (κ3) is 7.14. The molecule has 0 saturated carbocycles. The van der Waals surface area contributed by atoms with Crippen molar-refractivity contribution in [1.82, 2.24) is 9.88 Å². The molecular formula is C26H36F2N2O3. The standard InChI is InChI=1S/C24H30F2N2O3.C2H6/c1-5-16(3)31-24(29)28-10-8-18(9-11-28)14-30-23-21(25)12-19(13-22(23)26)20-7-6-15(2)27-17(20)4;1-2/h6-7,12-13,16,18H,5,8-11,14H2,1-4H3;1-2H3. The topological polar surface area (TPSA) is 51.7 Å². The van der Waals surface area contributed by atoms with Gasteiger partial charge in [0.25, 0.3) is 0 Å². The van der Waals surface area contributed by atoms with E-state index in [1.54, 1.807) is 4.90 Å². The summed E-state index contributed by atoms with van der Waals surface area (Å²) in [5.74, 6) is -1.70. The molecule has 0 radical (unpaired) electrons. The summed E-state index contributed by atoms with van der Waals surface area (Å²) in [5, 5.41) is 0. The predicted octanol–water partition coefficient (Wildman–Crippen LogP) is 6.70. The molecule has 1 fully saturated rings. The molecule has 0 aliphatic carbocycles. The average molecular weight is 463 g/mol. The van der Waals surface area contributed by atoms with Gasteiger partial charge in [0.1, 0.15) is 6.10 Å². The number of halogens is 2. The van der Waals surface area contributed by atoms with Crippen LogP contribution >= 0.6 is 0 Å². The van der Waals surface area contributed by atoms with Crippen molar-refractivity contribution >= 4 is 6.09 Å². The van der Waals surface area contributed by atoms with Crippen molar-refractivity contribution < 1.29 is 23.0 Å². The molecular weight excluding hydrogens is 426 g/mol. The van der Waals surface area contributed by atoms with Gasteiger partial charge in [-0.2, -0.15) is 0 Å². The lowest BCUT2D eigenvalue weighted by Gasteiger charge is -2.32. The van der Waals surface area contributed by atoms with Crippen molar-refractivity contribution in [3.63, 3.8) is 0 Å². The summed E-state index contributed by atoms with van der Waals surface area (Å²) in [6, 6.07) is 6.19. The number of aromatic nitrogens is 1. The van der Waals surface area contributed by atoms with E-state index < -0.39 is 11.6 Å². The first-order valence-corrected chi connectivity index (χ1v) is 11.8. The molecule has 1 aromatic heterocycles. The number of benzene rings is 1. The Hall–Kier alpha value is -2.70. The molecule has 1 amide bonds. The van der Waals surface area contributed by atoms with Gasteiger partial charge in [-0.05, 0) is 69.7 Å². The van der Waals surface area contributed by atoms with E-state index in [9.17, 15) is 13.6 Å². The minimum Gasteiger partial charge on any atom is -0.487 e. The van der Waals surface area contributed by atoms with Gasteiger partial charge in [0.05, 0.1) is 6.61 Å². The lowest BCUT2D eigenvalue weighted by Crippen LogP contribution is -2.41. The van der Waals surface area contributed by atoms with Gasteiger partial charge >= 0.3 is 6.09 Å². The molecule has 1 aliphatic heterocycles. The van der Waals surface area contributed by atoms with Crippen molar-refractivity contribution in [3.05, 3.63) is 47.3 Å². The monoisotopic (exact) mass is 462 g/mol. The Balaban J connectivity index is 0.00000187. The van der Waals surface area contributed by atoms with Gasteiger partial charge in [-0.1, -0.05) is 26.8 Å². The molecule has 1 aliphatic rings. The summed E-state index contributed by atoms with van der Waals surface area (Å²) < 4.78 is 40.1. The zero-order valence-electron chi connectivity index (χ0n) is 20.6. The van der Waals surface area contributed by atoms with Gasteiger partial charge in [0, 0.05) is 30.0 Å². The molecule has 0 N–H and O–H groups in total. The van der Waals surface area contributed by atoms with E-state index in [0.717, 1.165) is 12.1 Å². The molecule has 1 unspecified atom stereocenters. The van der Waals surface area contributed by atoms with E-state index in [1.165, 1.54) is 12.1 Å². The first-order chi connectivity index (χ1) is 15.8. The number of likely N-dealkylation sites (tertiary alicyclic amines) is 1. The predicted molar refractivity (Wildman–Crippen MR) is 126 cm³/mol. The minimum atomic E-state index is -0.732. The fourth-order valence-electron chi connectivity index (χ4n) is 3.66. The van der Waals surface area contributed by atoms with Crippen molar-refractivity contribution in [2.45, 2.75) is 66.9 Å². The van der Waals surface area contributed by atoms with E-state index >= 15 is 0 Å². The molecule has 2 aromatic rings. The lowest BCUT2D eigenvalue weighted by molar-refractivity contribution is 0.0537. The molecule has 1 saturated heterocycles. The van der Waals surface area contributed by atoms with Crippen LogP contribution in [0.1, 0.15) is 58.3 Å². The van der Waals surface area contributed by atoms with Crippen LogP contribution in [-0.4, -0.2) is 41.8 Å². The number of ether oxygens (including phenoxy) is 2. The smallest absolute Gasteiger partial charge is 0.410 e. The first kappa shape index (κ1) is 26.6. The summed E-state index contributed by atoms with van der Waals surface area (Å²) in [6.45, 7) is 12.8. The van der Waals surface area contributed by atoms with Crippen LogP contribution in [0.15, 0.2) is 24.3 Å². The third-order valence-electron chi connectivity index (χ3n) is 5.75. The van der Waals surface area contributed by atoms with Gasteiger partial charge in [-0.15, -0.1) is 0 Å². The highest BCUT2D eigenvalue weighted by atomic mass is 19.1. The molecule has 182 valence electrons. The van der Waals surface area contributed by atoms with Crippen LogP contribution in [0.2, 0.25) is 0 Å². The van der Waals surface area contributed by atoms with Crippen LogP contribution in [-0.2, 0) is 4.74 Å². The largest absolute Gasteiger partial charge is 0.487 e. The number of amides is 1. The molecule has 0 spiro atoms. The Labute approximate surface area is 196 Å². The van der Waals surface area contributed by atoms with Gasteiger partial charge in [0.2, 0.25) is 0 Å². The van der Waals surface area contributed by atoms with Gasteiger partial charge in [-0.3, -0.25) is 4.98 Å². The summed E-state index contributed by atoms with van der Waals surface area (Å²) in [5.41, 5.74) is 2.68. The number of carbonyl (C=O) groups excluding carboxylic acids is 1. The van der Waals surface area contributed by atoms with Crippen molar-refractivity contribution in [2.24, 2.45) is 5.92 Å². The highest BCUT2D eigenvalue weighted by molar-refractivity contribution is 5.68. The number of nitrogens with zero attached hydrogens (tertiary/aromatic N) is 2. The Morgan fingerprint density at radius 2 is 1.76 bits per heavy atom. The van der Waals surface area contributed by atoms with Crippen LogP contribution in [0.4, 0.5) is 13.6 Å². The summed E-state index contributed by atoms with van der Waals surface area (Å²) >= 11 is 0. The van der Waals surface area contributed by atoms with Crippen molar-refractivity contribution in [3.8, 4) is 16.9 Å². The second-order valence-electron chi connectivity index (χ2n) is 8.20. The lowest BCUT2D eigenvalue weighted by atomic mass is 9.98. The minimum absolute atomic E-state index is 0.109. The van der Waals surface area contributed by atoms with E-state index in [2.05, 4.69) is 4.98 Å². The number of pyridine rings is 1. The fourth-order valence-corrected chi connectivity index (χ4v) is 3.66. The Morgan fingerprint density at radius 3 is 2.30 bits per heavy atom. The number of piperidine rings is 1. The Bertz CT molecular complexity index is 905. The maximum Gasteiger partial charge on any atom is 0.410 e. The summed E-state index contributed by atoms with van der Waals surface area (Å²) in [7, 11) is 0. The molecule has 7 heteroatoms. The average Bonchev–Trinajstić information content (AvgIpc) is 2.80. The van der Waals surface area contributed by atoms with Gasteiger partial charge < -0.3 is 14.4 Å². The number of aryl methyl sites for hydroxylation is 2. The molecule has 3 rings (SSSR count). The Morgan fingerprint density at radius 1 is 1.15 bits per heavy atom. The maximum absolute atomic E-state index is 14.6. The first-order valence-electron chi connectivity index (χ1n) is 11.8. The quantitative estimate of drug-likeness (QED) is 0.480. The van der Waals surface area contributed by atoms with Crippen molar-refractivity contribution in [1.29, 1.82) is 0 Å². The highest BCUT2D eigenvalue weighted by Crippen LogP contribution is 2.31. The van der Waals surface area contributed by atoms with E-state index in [0.29, 0.717) is 42.8 Å². The number of carbonyl (C=O) groups is 1. The second kappa shape index (κ2) is 12.5. The number of rotatable bonds is 6. The summed E-state index contributed by atoms with van der Waals surface area (Å²) in [6.07, 6.45) is 1.76. The normalized spacial score (nSPS) is 14.8. The van der Waals surface area contributed by atoms with Crippen LogP contribution in [0.5, 0.6) is 5.75 Å². The molecule has 2 heterocycles. The van der Waals surface area contributed by atoms with Crippen molar-refractivity contribution in [2.75, 3.05) is 19.7 Å². The zero-order chi connectivity index (χ0) is 24.5. The van der Waals surface area contributed by atoms with Crippen LogP contribution in [0, 0.1) is 31.4 Å². The van der Waals surface area contributed by atoms with Crippen LogP contribution < -0.4 is 4.74 Å². The fraction of sp³-hybridized carbons (Fsp3) is 0.538. The third-order valence-corrected chi connectivity index (χ3v) is 5.75. The van der Waals surface area contributed by atoms with Gasteiger partial charge in [0.15, 0.2) is 17.4 Å². The number of hydrogen-bond donors (Lipinski definition) is 0.